The van der Waals surface area contributed by atoms with Crippen LogP contribution < -0.4 is 9.64 Å². The highest BCUT2D eigenvalue weighted by Gasteiger charge is 2.10. The summed E-state index contributed by atoms with van der Waals surface area (Å²) in [6.45, 7) is 0.770. The van der Waals surface area contributed by atoms with E-state index >= 15 is 0 Å². The van der Waals surface area contributed by atoms with Gasteiger partial charge in [0.1, 0.15) is 12.3 Å². The average Bonchev–Trinajstić information content (AvgIpc) is 2.58. The van der Waals surface area contributed by atoms with Gasteiger partial charge in [-0.25, -0.2) is 4.79 Å². The molecule has 0 fully saturated rings. The van der Waals surface area contributed by atoms with Gasteiger partial charge in [0, 0.05) is 17.3 Å². The third kappa shape index (κ3) is 6.00. The maximum absolute atomic E-state index is 11.0. The first-order valence-corrected chi connectivity index (χ1v) is 8.02. The lowest BCUT2D eigenvalue weighted by atomic mass is 10.2. The monoisotopic (exact) mass is 363 g/mol. The fourth-order valence-electron chi connectivity index (χ4n) is 2.25. The number of nitrogens with zero attached hydrogens (tertiary/aromatic N) is 1. The Labute approximate surface area is 150 Å². The Bertz CT molecular complexity index is 715. The molecule has 0 saturated carbocycles. The van der Waals surface area contributed by atoms with Crippen molar-refractivity contribution in [2.75, 3.05) is 24.6 Å². The van der Waals surface area contributed by atoms with E-state index in [0.717, 1.165) is 5.69 Å². The van der Waals surface area contributed by atoms with Gasteiger partial charge >= 0.3 is 11.9 Å². The molecule has 0 atom stereocenters. The lowest BCUT2D eigenvalue weighted by molar-refractivity contribution is -0.135. The summed E-state index contributed by atoms with van der Waals surface area (Å²) in [6.07, 6.45) is 0.608. The van der Waals surface area contributed by atoms with Crippen LogP contribution >= 0.6 is 11.6 Å². The number of aromatic carboxylic acids is 1. The van der Waals surface area contributed by atoms with Crippen molar-refractivity contribution in [1.29, 1.82) is 0 Å². The van der Waals surface area contributed by atoms with Gasteiger partial charge in [0.2, 0.25) is 0 Å². The quantitative estimate of drug-likeness (QED) is 0.664. The van der Waals surface area contributed by atoms with Crippen LogP contribution in [0.3, 0.4) is 0 Å². The number of carboxylic acid groups (broad SMARTS) is 2. The van der Waals surface area contributed by atoms with Crippen LogP contribution in [0.2, 0.25) is 5.02 Å². The number of halogens is 1. The molecule has 0 aliphatic rings. The molecule has 0 aliphatic heterocycles. The van der Waals surface area contributed by atoms with E-state index in [1.165, 1.54) is 12.1 Å². The van der Waals surface area contributed by atoms with Gasteiger partial charge in [0.15, 0.2) is 0 Å². The molecule has 25 heavy (non-hydrogen) atoms. The van der Waals surface area contributed by atoms with E-state index in [4.69, 9.17) is 26.6 Å². The molecule has 132 valence electrons. The molecule has 0 spiro atoms. The Kier molecular flexibility index (Phi) is 6.65. The third-order valence-corrected chi connectivity index (χ3v) is 3.71. The number of hydrogen-bond acceptors (Lipinski definition) is 4. The Morgan fingerprint density at radius 3 is 2.20 bits per heavy atom. The summed E-state index contributed by atoms with van der Waals surface area (Å²) in [4.78, 5) is 23.6. The highest BCUT2D eigenvalue weighted by atomic mass is 35.5. The van der Waals surface area contributed by atoms with Crippen molar-refractivity contribution in [2.24, 2.45) is 0 Å². The van der Waals surface area contributed by atoms with Crippen molar-refractivity contribution in [3.05, 3.63) is 59.1 Å². The van der Waals surface area contributed by atoms with Crippen molar-refractivity contribution in [3.63, 3.8) is 0 Å². The molecule has 0 amide bonds. The van der Waals surface area contributed by atoms with Crippen LogP contribution in [-0.4, -0.2) is 41.8 Å². The molecule has 0 aromatic heterocycles. The van der Waals surface area contributed by atoms with Crippen LogP contribution in [0.4, 0.5) is 5.69 Å². The summed E-state index contributed by atoms with van der Waals surface area (Å²) in [6, 6.07) is 13.1. The second-order valence-corrected chi connectivity index (χ2v) is 5.76. The van der Waals surface area contributed by atoms with Gasteiger partial charge in [-0.05, 0) is 55.0 Å². The van der Waals surface area contributed by atoms with Crippen LogP contribution in [0.1, 0.15) is 16.8 Å². The Morgan fingerprint density at radius 2 is 1.64 bits per heavy atom. The number of carboxylic acids is 2. The first-order valence-electron chi connectivity index (χ1n) is 7.64. The Morgan fingerprint density at radius 1 is 1.00 bits per heavy atom. The van der Waals surface area contributed by atoms with E-state index in [-0.39, 0.29) is 12.1 Å². The molecule has 0 saturated heterocycles. The normalized spacial score (nSPS) is 10.3. The first kappa shape index (κ1) is 18.6. The first-order chi connectivity index (χ1) is 12.0. The highest BCUT2D eigenvalue weighted by Crippen LogP contribution is 2.18. The summed E-state index contributed by atoms with van der Waals surface area (Å²) < 4.78 is 5.56. The molecule has 0 bridgehead atoms. The number of rotatable bonds is 9. The lowest BCUT2D eigenvalue weighted by Crippen LogP contribution is -2.31. The molecule has 0 radical (unpaired) electrons. The predicted molar refractivity (Wildman–Crippen MR) is 94.8 cm³/mol. The molecule has 2 aromatic rings. The fraction of sp³-hybridized carbons (Fsp3) is 0.222. The van der Waals surface area contributed by atoms with Crippen LogP contribution in [-0.2, 0) is 4.79 Å². The maximum atomic E-state index is 11.0. The molecule has 0 aliphatic carbocycles. The zero-order valence-corrected chi connectivity index (χ0v) is 14.1. The zero-order chi connectivity index (χ0) is 18.2. The molecule has 0 unspecified atom stereocenters. The van der Waals surface area contributed by atoms with E-state index < -0.39 is 11.9 Å². The van der Waals surface area contributed by atoms with Gasteiger partial charge in [0.05, 0.1) is 12.2 Å². The fourth-order valence-corrected chi connectivity index (χ4v) is 2.38. The Balaban J connectivity index is 1.86. The summed E-state index contributed by atoms with van der Waals surface area (Å²) >= 11 is 5.86. The molecule has 2 N–H and O–H groups in total. The minimum absolute atomic E-state index is 0.116. The van der Waals surface area contributed by atoms with Crippen LogP contribution in [0, 0.1) is 0 Å². The van der Waals surface area contributed by atoms with Crippen LogP contribution in [0.15, 0.2) is 48.5 Å². The summed E-state index contributed by atoms with van der Waals surface area (Å²) in [5.41, 5.74) is 0.973. The number of aliphatic carboxylic acids is 1. The van der Waals surface area contributed by atoms with Crippen molar-refractivity contribution in [3.8, 4) is 5.75 Å². The second-order valence-electron chi connectivity index (χ2n) is 5.32. The number of carbonyl (C=O) groups is 2. The van der Waals surface area contributed by atoms with Gasteiger partial charge < -0.3 is 19.8 Å². The number of anilines is 1. The van der Waals surface area contributed by atoms with Crippen LogP contribution in [0.5, 0.6) is 5.75 Å². The number of ether oxygens (including phenoxy) is 1. The molecule has 6 nitrogen and oxygen atoms in total. The number of benzene rings is 2. The van der Waals surface area contributed by atoms with Crippen molar-refractivity contribution in [2.45, 2.75) is 6.42 Å². The molecule has 7 heteroatoms. The standard InChI is InChI=1S/C18H18ClNO5/c19-14-4-6-15(7-5-14)20(12-17(21)22)10-1-11-25-16-8-2-13(3-9-16)18(23)24/h2-9H,1,10-12H2,(H,21,22)(H,23,24). The summed E-state index contributed by atoms with van der Waals surface area (Å²) in [7, 11) is 0. The Hall–Kier alpha value is -2.73. The van der Waals surface area contributed by atoms with Crippen molar-refractivity contribution >= 4 is 29.2 Å². The topological polar surface area (TPSA) is 87.1 Å². The van der Waals surface area contributed by atoms with Crippen molar-refractivity contribution < 1.29 is 24.5 Å². The molecule has 0 heterocycles. The minimum atomic E-state index is -0.987. The van der Waals surface area contributed by atoms with Gasteiger partial charge in [-0.3, -0.25) is 4.79 Å². The maximum Gasteiger partial charge on any atom is 0.335 e. The minimum Gasteiger partial charge on any atom is -0.494 e. The van der Waals surface area contributed by atoms with E-state index in [0.29, 0.717) is 30.3 Å². The molecular weight excluding hydrogens is 346 g/mol. The van der Waals surface area contributed by atoms with Gasteiger partial charge in [-0.15, -0.1) is 0 Å². The van der Waals surface area contributed by atoms with Gasteiger partial charge in [0.25, 0.3) is 0 Å². The van der Waals surface area contributed by atoms with E-state index in [2.05, 4.69) is 0 Å². The summed E-state index contributed by atoms with van der Waals surface area (Å²) in [5.74, 6) is -1.33. The third-order valence-electron chi connectivity index (χ3n) is 3.46. The molecular formula is C18H18ClNO5. The summed E-state index contributed by atoms with van der Waals surface area (Å²) in [5, 5.41) is 18.5. The zero-order valence-electron chi connectivity index (χ0n) is 13.4. The van der Waals surface area contributed by atoms with Crippen LogP contribution in [0.25, 0.3) is 0 Å². The van der Waals surface area contributed by atoms with Gasteiger partial charge in [-0.1, -0.05) is 11.6 Å². The van der Waals surface area contributed by atoms with E-state index in [1.807, 2.05) is 0 Å². The van der Waals surface area contributed by atoms with E-state index in [1.54, 1.807) is 41.3 Å². The number of hydrogen-bond donors (Lipinski definition) is 2. The second kappa shape index (κ2) is 8.94. The lowest BCUT2D eigenvalue weighted by Gasteiger charge is -2.23. The average molecular weight is 364 g/mol. The smallest absolute Gasteiger partial charge is 0.335 e. The molecule has 2 aromatic carbocycles. The molecule has 2 rings (SSSR count). The SMILES string of the molecule is O=C(O)CN(CCCOc1ccc(C(=O)O)cc1)c1ccc(Cl)cc1. The highest BCUT2D eigenvalue weighted by molar-refractivity contribution is 6.30. The predicted octanol–water partition coefficient (Wildman–Crippen LogP) is 3.40. The van der Waals surface area contributed by atoms with Gasteiger partial charge in [-0.2, -0.15) is 0 Å². The van der Waals surface area contributed by atoms with E-state index in [9.17, 15) is 9.59 Å². The largest absolute Gasteiger partial charge is 0.494 e. The van der Waals surface area contributed by atoms with Crippen molar-refractivity contribution in [1.82, 2.24) is 0 Å².